The lowest BCUT2D eigenvalue weighted by molar-refractivity contribution is -0.384. The third-order valence-electron chi connectivity index (χ3n) is 6.19. The maximum absolute atomic E-state index is 13.7. The molecule has 2 aromatic heterocycles. The van der Waals surface area contributed by atoms with E-state index in [4.69, 9.17) is 13.9 Å². The van der Waals surface area contributed by atoms with Crippen molar-refractivity contribution in [1.82, 2.24) is 4.57 Å². The Kier molecular flexibility index (Phi) is 6.99. The molecule has 0 fully saturated rings. The number of carbonyl (C=O) groups is 1. The van der Waals surface area contributed by atoms with Crippen molar-refractivity contribution < 1.29 is 23.6 Å². The van der Waals surface area contributed by atoms with E-state index < -0.39 is 16.9 Å². The molecule has 198 valence electrons. The number of nitro benzene ring substituents is 1. The highest BCUT2D eigenvalue weighted by Crippen LogP contribution is 2.35. The number of hydrogen-bond donors (Lipinski definition) is 0. The lowest BCUT2D eigenvalue weighted by atomic mass is 9.96. The summed E-state index contributed by atoms with van der Waals surface area (Å²) in [7, 11) is 1.46. The third-order valence-corrected chi connectivity index (χ3v) is 7.17. The number of carbonyl (C=O) groups excluding carboxylic acids is 1. The number of rotatable bonds is 7. The fraction of sp³-hybridized carbons (Fsp3) is 0.179. The van der Waals surface area contributed by atoms with Gasteiger partial charge in [0.05, 0.1) is 46.0 Å². The number of nitro groups is 1. The number of esters is 1. The first-order valence-electron chi connectivity index (χ1n) is 12.0. The second-order valence-electron chi connectivity index (χ2n) is 8.56. The summed E-state index contributed by atoms with van der Waals surface area (Å²) >= 11 is 1.17. The number of benzene rings is 2. The molecule has 0 unspecified atom stereocenters. The van der Waals surface area contributed by atoms with Gasteiger partial charge in [0.15, 0.2) is 4.80 Å². The molecule has 0 spiro atoms. The van der Waals surface area contributed by atoms with Crippen molar-refractivity contribution in [2.24, 2.45) is 4.99 Å². The van der Waals surface area contributed by atoms with E-state index in [9.17, 15) is 19.7 Å². The summed E-state index contributed by atoms with van der Waals surface area (Å²) in [5.74, 6) is 0.591. The van der Waals surface area contributed by atoms with Gasteiger partial charge in [-0.1, -0.05) is 41.7 Å². The van der Waals surface area contributed by atoms with E-state index in [1.165, 1.54) is 41.2 Å². The van der Waals surface area contributed by atoms with Gasteiger partial charge in [-0.15, -0.1) is 0 Å². The first-order chi connectivity index (χ1) is 18.8. The summed E-state index contributed by atoms with van der Waals surface area (Å²) in [5.41, 5.74) is 1.50. The molecule has 0 saturated carbocycles. The molecule has 2 aromatic carbocycles. The van der Waals surface area contributed by atoms with E-state index in [-0.39, 0.29) is 17.9 Å². The third kappa shape index (κ3) is 4.79. The van der Waals surface area contributed by atoms with Crippen LogP contribution in [-0.4, -0.2) is 29.2 Å². The minimum atomic E-state index is -0.704. The Morgan fingerprint density at radius 1 is 1.21 bits per heavy atom. The number of allylic oxidation sites excluding steroid dienone is 1. The zero-order valence-electron chi connectivity index (χ0n) is 21.2. The van der Waals surface area contributed by atoms with Crippen molar-refractivity contribution in [3.05, 3.63) is 113 Å². The van der Waals surface area contributed by atoms with Crippen LogP contribution in [0.1, 0.15) is 31.2 Å². The van der Waals surface area contributed by atoms with Crippen LogP contribution >= 0.6 is 11.3 Å². The smallest absolute Gasteiger partial charge is 0.338 e. The average Bonchev–Trinajstić information content (AvgIpc) is 3.52. The fourth-order valence-corrected chi connectivity index (χ4v) is 5.48. The van der Waals surface area contributed by atoms with Crippen molar-refractivity contribution in [1.29, 1.82) is 0 Å². The van der Waals surface area contributed by atoms with Crippen LogP contribution < -0.4 is 19.6 Å². The number of aromatic nitrogens is 1. The molecular weight excluding hydrogens is 522 g/mol. The number of nitrogens with zero attached hydrogens (tertiary/aromatic N) is 3. The van der Waals surface area contributed by atoms with Crippen molar-refractivity contribution in [2.75, 3.05) is 13.7 Å². The SMILES string of the molecule is CCOC(=O)C1=C(C)N=c2sc(=Cc3ccc(-c4cc([N+](=O)[O-])ccc4OC)o3)c(=O)n2[C@@H]1c1ccccc1. The Labute approximate surface area is 225 Å². The van der Waals surface area contributed by atoms with Gasteiger partial charge in [0.2, 0.25) is 0 Å². The Morgan fingerprint density at radius 2 is 1.97 bits per heavy atom. The molecule has 3 heterocycles. The van der Waals surface area contributed by atoms with Crippen LogP contribution in [0.25, 0.3) is 17.4 Å². The molecular formula is C28H23N3O7S. The van der Waals surface area contributed by atoms with Crippen LogP contribution in [0, 0.1) is 10.1 Å². The van der Waals surface area contributed by atoms with E-state index in [2.05, 4.69) is 4.99 Å². The maximum atomic E-state index is 13.7. The maximum Gasteiger partial charge on any atom is 0.338 e. The van der Waals surface area contributed by atoms with E-state index in [0.717, 1.165) is 5.56 Å². The van der Waals surface area contributed by atoms with Gasteiger partial charge in [-0.3, -0.25) is 19.5 Å². The Balaban J connectivity index is 1.62. The Hall–Kier alpha value is -4.77. The lowest BCUT2D eigenvalue weighted by Gasteiger charge is -2.24. The van der Waals surface area contributed by atoms with Gasteiger partial charge < -0.3 is 13.9 Å². The molecule has 11 heteroatoms. The normalized spacial score (nSPS) is 15.1. The van der Waals surface area contributed by atoms with Crippen molar-refractivity contribution in [2.45, 2.75) is 19.9 Å². The monoisotopic (exact) mass is 545 g/mol. The number of fused-ring (bicyclic) bond motifs is 1. The molecule has 39 heavy (non-hydrogen) atoms. The van der Waals surface area contributed by atoms with Gasteiger partial charge in [0.25, 0.3) is 11.2 Å². The summed E-state index contributed by atoms with van der Waals surface area (Å²) in [4.78, 5) is 42.4. The highest BCUT2D eigenvalue weighted by molar-refractivity contribution is 7.07. The first-order valence-corrected chi connectivity index (χ1v) is 12.8. The van der Waals surface area contributed by atoms with Gasteiger partial charge in [0, 0.05) is 18.2 Å². The summed E-state index contributed by atoms with van der Waals surface area (Å²) in [6.07, 6.45) is 1.59. The van der Waals surface area contributed by atoms with Crippen LogP contribution in [0.5, 0.6) is 5.75 Å². The molecule has 4 aromatic rings. The first kappa shape index (κ1) is 25.9. The zero-order valence-corrected chi connectivity index (χ0v) is 22.1. The number of ether oxygens (including phenoxy) is 2. The second kappa shape index (κ2) is 10.5. The van der Waals surface area contributed by atoms with Gasteiger partial charge in [-0.2, -0.15) is 0 Å². The quantitative estimate of drug-likeness (QED) is 0.195. The average molecular weight is 546 g/mol. The molecule has 0 amide bonds. The minimum absolute atomic E-state index is 0.106. The second-order valence-corrected chi connectivity index (χ2v) is 9.57. The van der Waals surface area contributed by atoms with Crippen LogP contribution in [-0.2, 0) is 9.53 Å². The number of hydrogen-bond acceptors (Lipinski definition) is 9. The summed E-state index contributed by atoms with van der Waals surface area (Å²) in [5, 5.41) is 11.3. The highest BCUT2D eigenvalue weighted by Gasteiger charge is 2.33. The molecule has 5 rings (SSSR count). The highest BCUT2D eigenvalue weighted by atomic mass is 32.1. The van der Waals surface area contributed by atoms with Gasteiger partial charge >= 0.3 is 5.97 Å². The van der Waals surface area contributed by atoms with Crippen molar-refractivity contribution >= 4 is 29.1 Å². The summed E-state index contributed by atoms with van der Waals surface area (Å²) in [6.45, 7) is 3.64. The minimum Gasteiger partial charge on any atom is -0.496 e. The van der Waals surface area contributed by atoms with E-state index >= 15 is 0 Å². The number of non-ortho nitro benzene ring substituents is 1. The molecule has 0 aliphatic carbocycles. The zero-order chi connectivity index (χ0) is 27.7. The molecule has 0 saturated heterocycles. The van der Waals surface area contributed by atoms with Crippen molar-refractivity contribution in [3.8, 4) is 17.1 Å². The number of methoxy groups -OCH3 is 1. The number of thiazole rings is 1. The Morgan fingerprint density at radius 3 is 2.67 bits per heavy atom. The van der Waals surface area contributed by atoms with E-state index in [0.29, 0.717) is 43.4 Å². The topological polar surface area (TPSA) is 126 Å². The van der Waals surface area contributed by atoms with E-state index in [1.807, 2.05) is 30.3 Å². The van der Waals surface area contributed by atoms with Crippen LogP contribution in [0.2, 0.25) is 0 Å². The van der Waals surface area contributed by atoms with Crippen LogP contribution in [0.4, 0.5) is 5.69 Å². The van der Waals surface area contributed by atoms with Gasteiger partial charge in [-0.25, -0.2) is 9.79 Å². The molecule has 1 aliphatic heterocycles. The molecule has 0 radical (unpaired) electrons. The summed E-state index contributed by atoms with van der Waals surface area (Å²) in [6, 6.07) is 16.1. The van der Waals surface area contributed by atoms with Crippen LogP contribution in [0.3, 0.4) is 0 Å². The van der Waals surface area contributed by atoms with Gasteiger partial charge in [-0.05, 0) is 37.6 Å². The van der Waals surface area contributed by atoms with Crippen molar-refractivity contribution in [3.63, 3.8) is 0 Å². The fourth-order valence-electron chi connectivity index (χ4n) is 4.45. The Bertz CT molecular complexity index is 1800. The predicted molar refractivity (Wildman–Crippen MR) is 144 cm³/mol. The number of furan rings is 1. The summed E-state index contributed by atoms with van der Waals surface area (Å²) < 4.78 is 18.4. The largest absolute Gasteiger partial charge is 0.496 e. The molecule has 1 aliphatic rings. The predicted octanol–water partition coefficient (Wildman–Crippen LogP) is 3.98. The molecule has 1 atom stereocenters. The lowest BCUT2D eigenvalue weighted by Crippen LogP contribution is -2.39. The molecule has 0 bridgehead atoms. The van der Waals surface area contributed by atoms with Gasteiger partial charge in [0.1, 0.15) is 17.3 Å². The van der Waals surface area contributed by atoms with Crippen LogP contribution in [0.15, 0.2) is 86.1 Å². The standard InChI is InChI=1S/C28H23N3O7S/c1-4-37-27(33)24-16(2)29-28-30(25(24)17-8-6-5-7-9-17)26(32)23(39-28)15-19-11-13-22(38-19)20-14-18(31(34)35)10-12-21(20)36-3/h5-15,25H,4H2,1-3H3/t25-/m1/s1. The molecule has 0 N–H and O–H groups in total. The van der Waals surface area contributed by atoms with E-state index in [1.54, 1.807) is 32.1 Å². The molecule has 10 nitrogen and oxygen atoms in total.